The van der Waals surface area contributed by atoms with Crippen LogP contribution in [0.25, 0.3) is 0 Å². The first kappa shape index (κ1) is 14.6. The number of rotatable bonds is 2. The Hall–Kier alpha value is -2.37. The van der Waals surface area contributed by atoms with E-state index in [1.165, 1.54) is 4.57 Å². The summed E-state index contributed by atoms with van der Waals surface area (Å²) in [5.41, 5.74) is 1.02. The van der Waals surface area contributed by atoms with Crippen molar-refractivity contribution in [3.63, 3.8) is 0 Å². The first-order valence-corrected chi connectivity index (χ1v) is 7.53. The minimum Gasteiger partial charge on any atom is -0.331 e. The van der Waals surface area contributed by atoms with Crippen molar-refractivity contribution in [3.8, 4) is 0 Å². The fraction of sp³-hybridized carbons (Fsp3) is 0.438. The van der Waals surface area contributed by atoms with Gasteiger partial charge in [-0.05, 0) is 31.4 Å². The summed E-state index contributed by atoms with van der Waals surface area (Å²) >= 11 is 0. The Balaban J connectivity index is 1.95. The number of likely N-dealkylation sites (tertiary alicyclic amines) is 1. The maximum Gasteiger partial charge on any atom is 0.263 e. The highest BCUT2D eigenvalue weighted by Gasteiger charge is 2.30. The van der Waals surface area contributed by atoms with Crippen molar-refractivity contribution < 1.29 is 4.79 Å². The van der Waals surface area contributed by atoms with Gasteiger partial charge in [-0.25, -0.2) is 0 Å². The van der Waals surface area contributed by atoms with Gasteiger partial charge in [-0.1, -0.05) is 0 Å². The number of carbonyl (C=O) groups is 1. The van der Waals surface area contributed by atoms with E-state index >= 15 is 0 Å². The highest BCUT2D eigenvalue weighted by Crippen LogP contribution is 2.31. The molecule has 22 heavy (non-hydrogen) atoms. The van der Waals surface area contributed by atoms with Crippen LogP contribution in [-0.4, -0.2) is 31.7 Å². The van der Waals surface area contributed by atoms with Crippen LogP contribution in [-0.2, 0) is 14.1 Å². The van der Waals surface area contributed by atoms with E-state index in [9.17, 15) is 9.59 Å². The normalized spacial score (nSPS) is 18.5. The highest BCUT2D eigenvalue weighted by molar-refractivity contribution is 5.94. The molecule has 3 heterocycles. The fourth-order valence-electron chi connectivity index (χ4n) is 3.05. The molecule has 1 amide bonds. The molecular formula is C16H20N4O2. The molecule has 116 valence electrons. The summed E-state index contributed by atoms with van der Waals surface area (Å²) in [5, 5.41) is 4.20. The van der Waals surface area contributed by atoms with Crippen LogP contribution in [0.15, 0.2) is 35.5 Å². The number of hydrogen-bond acceptors (Lipinski definition) is 3. The van der Waals surface area contributed by atoms with E-state index in [2.05, 4.69) is 5.10 Å². The zero-order valence-electron chi connectivity index (χ0n) is 12.9. The number of aromatic nitrogens is 3. The van der Waals surface area contributed by atoms with Crippen LogP contribution in [0, 0.1) is 0 Å². The topological polar surface area (TPSA) is 60.1 Å². The predicted octanol–water partition coefficient (Wildman–Crippen LogP) is 1.49. The second-order valence-electron chi connectivity index (χ2n) is 5.80. The van der Waals surface area contributed by atoms with E-state index in [4.69, 9.17) is 0 Å². The summed E-state index contributed by atoms with van der Waals surface area (Å²) in [7, 11) is 3.53. The second kappa shape index (κ2) is 5.79. The van der Waals surface area contributed by atoms with Gasteiger partial charge in [0.05, 0.1) is 12.2 Å². The second-order valence-corrected chi connectivity index (χ2v) is 5.80. The molecule has 2 aromatic heterocycles. The lowest BCUT2D eigenvalue weighted by Gasteiger charge is -2.35. The zero-order valence-corrected chi connectivity index (χ0v) is 12.9. The van der Waals surface area contributed by atoms with E-state index in [0.717, 1.165) is 24.8 Å². The molecule has 0 spiro atoms. The number of carbonyl (C=O) groups excluding carboxylic acids is 1. The maximum absolute atomic E-state index is 12.8. The van der Waals surface area contributed by atoms with Gasteiger partial charge in [0.1, 0.15) is 5.56 Å². The minimum atomic E-state index is -0.247. The lowest BCUT2D eigenvalue weighted by atomic mass is 9.96. The Kier molecular flexibility index (Phi) is 3.83. The third kappa shape index (κ3) is 2.56. The van der Waals surface area contributed by atoms with E-state index in [1.54, 1.807) is 36.3 Å². The molecule has 0 aliphatic carbocycles. The molecular weight excluding hydrogens is 280 g/mol. The minimum absolute atomic E-state index is 0.000128. The number of hydrogen-bond donors (Lipinski definition) is 0. The Labute approximate surface area is 129 Å². The average molecular weight is 300 g/mol. The third-order valence-electron chi connectivity index (χ3n) is 4.23. The summed E-state index contributed by atoms with van der Waals surface area (Å²) < 4.78 is 3.18. The van der Waals surface area contributed by atoms with Gasteiger partial charge in [-0.15, -0.1) is 0 Å². The van der Waals surface area contributed by atoms with E-state index in [1.807, 2.05) is 18.1 Å². The zero-order chi connectivity index (χ0) is 15.7. The Morgan fingerprint density at radius 1 is 1.32 bits per heavy atom. The average Bonchev–Trinajstić information content (AvgIpc) is 2.96. The molecule has 6 nitrogen and oxygen atoms in total. The largest absolute Gasteiger partial charge is 0.331 e. The maximum atomic E-state index is 12.8. The number of pyridine rings is 1. The molecule has 0 bridgehead atoms. The molecule has 1 atom stereocenters. The molecule has 0 unspecified atom stereocenters. The van der Waals surface area contributed by atoms with Crippen molar-refractivity contribution in [2.24, 2.45) is 14.1 Å². The highest BCUT2D eigenvalue weighted by atomic mass is 16.2. The molecule has 0 N–H and O–H groups in total. The summed E-state index contributed by atoms with van der Waals surface area (Å²) in [5.74, 6) is -0.185. The van der Waals surface area contributed by atoms with Crippen LogP contribution in [0.4, 0.5) is 0 Å². The molecule has 0 radical (unpaired) electrons. The molecule has 6 heteroatoms. The fourth-order valence-corrected chi connectivity index (χ4v) is 3.05. The molecule has 1 aliphatic heterocycles. The number of nitrogens with zero attached hydrogens (tertiary/aromatic N) is 4. The lowest BCUT2D eigenvalue weighted by Crippen LogP contribution is -2.41. The molecule has 0 saturated carbocycles. The lowest BCUT2D eigenvalue weighted by molar-refractivity contribution is 0.0609. The summed E-state index contributed by atoms with van der Waals surface area (Å²) in [6, 6.07) is 3.34. The monoisotopic (exact) mass is 300 g/mol. The van der Waals surface area contributed by atoms with Crippen molar-refractivity contribution in [1.29, 1.82) is 0 Å². The van der Waals surface area contributed by atoms with Gasteiger partial charge in [-0.3, -0.25) is 14.3 Å². The molecule has 0 aromatic carbocycles. The van der Waals surface area contributed by atoms with Crippen molar-refractivity contribution in [2.75, 3.05) is 6.54 Å². The third-order valence-corrected chi connectivity index (χ3v) is 4.23. The summed E-state index contributed by atoms with van der Waals surface area (Å²) in [6.07, 6.45) is 8.36. The van der Waals surface area contributed by atoms with Gasteiger partial charge in [-0.2, -0.15) is 5.10 Å². The first-order chi connectivity index (χ1) is 10.6. The number of piperidine rings is 1. The Bertz CT molecular complexity index is 747. The first-order valence-electron chi connectivity index (χ1n) is 7.53. The van der Waals surface area contributed by atoms with Crippen LogP contribution in [0.3, 0.4) is 0 Å². The Morgan fingerprint density at radius 2 is 2.14 bits per heavy atom. The number of aryl methyl sites for hydroxylation is 2. The molecule has 1 fully saturated rings. The van der Waals surface area contributed by atoms with Gasteiger partial charge in [0.15, 0.2) is 0 Å². The van der Waals surface area contributed by atoms with Crippen molar-refractivity contribution in [3.05, 3.63) is 52.2 Å². The van der Waals surface area contributed by atoms with E-state index in [0.29, 0.717) is 6.54 Å². The van der Waals surface area contributed by atoms with Gasteiger partial charge in [0, 0.05) is 38.6 Å². The SMILES string of the molecule is Cn1cc([C@H]2CCCCN2C(=O)c2cccn(C)c2=O)cn1. The predicted molar refractivity (Wildman–Crippen MR) is 82.5 cm³/mol. The smallest absolute Gasteiger partial charge is 0.263 e. The van der Waals surface area contributed by atoms with Gasteiger partial charge in [0.25, 0.3) is 11.5 Å². The van der Waals surface area contributed by atoms with Crippen LogP contribution < -0.4 is 5.56 Å². The molecule has 1 saturated heterocycles. The van der Waals surface area contributed by atoms with E-state index in [-0.39, 0.29) is 23.1 Å². The van der Waals surface area contributed by atoms with Crippen molar-refractivity contribution in [1.82, 2.24) is 19.2 Å². The standard InChI is InChI=1S/C16H20N4O2/c1-18-8-5-6-13(15(18)21)16(22)20-9-4-3-7-14(20)12-10-17-19(2)11-12/h5-6,8,10-11,14H,3-4,7,9H2,1-2H3/t14-/m1/s1. The molecule has 3 rings (SSSR count). The van der Waals surface area contributed by atoms with Gasteiger partial charge >= 0.3 is 0 Å². The molecule has 1 aliphatic rings. The molecule has 2 aromatic rings. The Morgan fingerprint density at radius 3 is 2.86 bits per heavy atom. The van der Waals surface area contributed by atoms with E-state index < -0.39 is 0 Å². The van der Waals surface area contributed by atoms with Crippen LogP contribution >= 0.6 is 0 Å². The van der Waals surface area contributed by atoms with Crippen molar-refractivity contribution >= 4 is 5.91 Å². The van der Waals surface area contributed by atoms with Gasteiger partial charge in [0.2, 0.25) is 0 Å². The summed E-state index contributed by atoms with van der Waals surface area (Å²) in [6.45, 7) is 0.677. The quantitative estimate of drug-likeness (QED) is 0.844. The summed E-state index contributed by atoms with van der Waals surface area (Å²) in [4.78, 5) is 26.9. The van der Waals surface area contributed by atoms with Crippen LogP contribution in [0.1, 0.15) is 41.2 Å². The van der Waals surface area contributed by atoms with Gasteiger partial charge < -0.3 is 9.47 Å². The van der Waals surface area contributed by atoms with Crippen molar-refractivity contribution in [2.45, 2.75) is 25.3 Å². The van der Waals surface area contributed by atoms with Crippen LogP contribution in [0.5, 0.6) is 0 Å². The number of amides is 1. The van der Waals surface area contributed by atoms with Crippen LogP contribution in [0.2, 0.25) is 0 Å².